The number of halogens is 1. The first-order valence-electron chi connectivity index (χ1n) is 10.7. The van der Waals surface area contributed by atoms with Crippen molar-refractivity contribution in [2.45, 2.75) is 19.4 Å². The summed E-state index contributed by atoms with van der Waals surface area (Å²) in [5, 5.41) is 3.24. The molecular weight excluding hydrogens is 419 g/mol. The Morgan fingerprint density at radius 2 is 1.91 bits per heavy atom. The highest BCUT2D eigenvalue weighted by Crippen LogP contribution is 2.29. The molecule has 7 nitrogen and oxygen atoms in total. The Labute approximate surface area is 190 Å². The van der Waals surface area contributed by atoms with Crippen LogP contribution in [0, 0.1) is 5.82 Å². The maximum absolute atomic E-state index is 13.8. The van der Waals surface area contributed by atoms with Crippen molar-refractivity contribution in [1.29, 1.82) is 0 Å². The molecule has 0 bridgehead atoms. The largest absolute Gasteiger partial charge is 0.340 e. The maximum atomic E-state index is 13.8. The molecule has 1 aliphatic rings. The van der Waals surface area contributed by atoms with E-state index in [0.29, 0.717) is 36.8 Å². The monoisotopic (exact) mass is 440 g/mol. The van der Waals surface area contributed by atoms with E-state index >= 15 is 0 Å². The smallest absolute Gasteiger partial charge is 0.227 e. The first-order valence-corrected chi connectivity index (χ1v) is 10.7. The van der Waals surface area contributed by atoms with Crippen molar-refractivity contribution in [3.63, 3.8) is 0 Å². The Kier molecular flexibility index (Phi) is 5.72. The zero-order chi connectivity index (χ0) is 22.6. The van der Waals surface area contributed by atoms with Crippen LogP contribution >= 0.6 is 0 Å². The van der Waals surface area contributed by atoms with Gasteiger partial charge in [-0.3, -0.25) is 14.8 Å². The molecular formula is C25H21FN6O. The van der Waals surface area contributed by atoms with Gasteiger partial charge in [-0.2, -0.15) is 0 Å². The molecule has 0 aliphatic carbocycles. The molecule has 0 atom stereocenters. The van der Waals surface area contributed by atoms with Crippen LogP contribution in [0.3, 0.4) is 0 Å². The number of amides is 1. The summed E-state index contributed by atoms with van der Waals surface area (Å²) >= 11 is 0. The molecule has 4 heterocycles. The van der Waals surface area contributed by atoms with Crippen LogP contribution in [-0.2, 0) is 24.2 Å². The minimum absolute atomic E-state index is 0.0172. The summed E-state index contributed by atoms with van der Waals surface area (Å²) in [7, 11) is 0. The van der Waals surface area contributed by atoms with E-state index in [1.807, 2.05) is 29.2 Å². The van der Waals surface area contributed by atoms with E-state index in [9.17, 15) is 9.18 Å². The lowest BCUT2D eigenvalue weighted by Crippen LogP contribution is -2.38. The van der Waals surface area contributed by atoms with Gasteiger partial charge in [0.2, 0.25) is 5.91 Å². The van der Waals surface area contributed by atoms with E-state index in [4.69, 9.17) is 9.97 Å². The van der Waals surface area contributed by atoms with Gasteiger partial charge in [0.15, 0.2) is 5.82 Å². The first-order chi connectivity index (χ1) is 16.2. The number of pyridine rings is 2. The lowest BCUT2D eigenvalue weighted by molar-refractivity contribution is -0.131. The molecule has 0 saturated heterocycles. The van der Waals surface area contributed by atoms with E-state index in [1.165, 1.54) is 12.1 Å². The number of benzene rings is 1. The predicted octanol–water partition coefficient (Wildman–Crippen LogP) is 3.94. The van der Waals surface area contributed by atoms with Crippen molar-refractivity contribution in [3.8, 4) is 11.4 Å². The third kappa shape index (κ3) is 4.69. The Morgan fingerprint density at radius 1 is 1.03 bits per heavy atom. The Hall–Kier alpha value is -4.20. The van der Waals surface area contributed by atoms with Gasteiger partial charge < -0.3 is 10.2 Å². The lowest BCUT2D eigenvalue weighted by Gasteiger charge is -2.30. The molecule has 1 amide bonds. The molecule has 0 saturated carbocycles. The zero-order valence-corrected chi connectivity index (χ0v) is 17.8. The quantitative estimate of drug-likeness (QED) is 0.506. The standard InChI is InChI=1S/C25H21FN6O/c26-19-4-1-5-20(14-19)29-25-21-16-32(23(33)13-17-3-2-9-28-15-17)12-8-22(21)30-24(31-25)18-6-10-27-11-7-18/h1-7,9-11,14-15H,8,12-13,16H2,(H,29,30,31). The van der Waals surface area contributed by atoms with E-state index in [2.05, 4.69) is 15.3 Å². The zero-order valence-electron chi connectivity index (χ0n) is 17.8. The average molecular weight is 440 g/mol. The summed E-state index contributed by atoms with van der Waals surface area (Å²) in [4.78, 5) is 32.4. The van der Waals surface area contributed by atoms with Crippen molar-refractivity contribution >= 4 is 17.4 Å². The fourth-order valence-electron chi connectivity index (χ4n) is 3.85. The summed E-state index contributed by atoms with van der Waals surface area (Å²) in [6, 6.07) is 13.6. The molecule has 1 N–H and O–H groups in total. The van der Waals surface area contributed by atoms with Crippen molar-refractivity contribution in [3.05, 3.63) is 96.0 Å². The second-order valence-electron chi connectivity index (χ2n) is 7.80. The van der Waals surface area contributed by atoms with Crippen molar-refractivity contribution in [1.82, 2.24) is 24.8 Å². The summed E-state index contributed by atoms with van der Waals surface area (Å²) in [5.74, 6) is 0.801. The van der Waals surface area contributed by atoms with E-state index in [-0.39, 0.29) is 18.1 Å². The predicted molar refractivity (Wildman–Crippen MR) is 122 cm³/mol. The van der Waals surface area contributed by atoms with Crippen molar-refractivity contribution in [2.75, 3.05) is 11.9 Å². The highest BCUT2D eigenvalue weighted by atomic mass is 19.1. The van der Waals surface area contributed by atoms with Crippen LogP contribution in [0.1, 0.15) is 16.8 Å². The van der Waals surface area contributed by atoms with E-state index in [0.717, 1.165) is 22.4 Å². The molecule has 0 radical (unpaired) electrons. The molecule has 0 spiro atoms. The van der Waals surface area contributed by atoms with Crippen LogP contribution in [0.25, 0.3) is 11.4 Å². The topological polar surface area (TPSA) is 83.9 Å². The fraction of sp³-hybridized carbons (Fsp3) is 0.160. The van der Waals surface area contributed by atoms with Gasteiger partial charge in [-0.05, 0) is 42.0 Å². The third-order valence-electron chi connectivity index (χ3n) is 5.52. The third-order valence-corrected chi connectivity index (χ3v) is 5.52. The molecule has 4 aromatic rings. The molecule has 164 valence electrons. The van der Waals surface area contributed by atoms with Gasteiger partial charge in [0.1, 0.15) is 11.6 Å². The van der Waals surface area contributed by atoms with Gasteiger partial charge >= 0.3 is 0 Å². The van der Waals surface area contributed by atoms with Crippen LogP contribution in [-0.4, -0.2) is 37.3 Å². The number of anilines is 2. The van der Waals surface area contributed by atoms with Crippen LogP contribution in [0.15, 0.2) is 73.3 Å². The minimum Gasteiger partial charge on any atom is -0.340 e. The van der Waals surface area contributed by atoms with Crippen LogP contribution in [0.4, 0.5) is 15.9 Å². The van der Waals surface area contributed by atoms with Gasteiger partial charge in [-0.15, -0.1) is 0 Å². The van der Waals surface area contributed by atoms with Gasteiger partial charge in [0.25, 0.3) is 0 Å². The Bertz CT molecular complexity index is 1280. The summed E-state index contributed by atoms with van der Waals surface area (Å²) in [5.41, 5.74) is 4.00. The van der Waals surface area contributed by atoms with Gasteiger partial charge in [0.05, 0.1) is 18.7 Å². The van der Waals surface area contributed by atoms with Crippen LogP contribution in [0.2, 0.25) is 0 Å². The van der Waals surface area contributed by atoms with Gasteiger partial charge in [-0.1, -0.05) is 12.1 Å². The Balaban J connectivity index is 1.48. The molecule has 0 unspecified atom stereocenters. The van der Waals surface area contributed by atoms with Gasteiger partial charge in [0, 0.05) is 54.6 Å². The van der Waals surface area contributed by atoms with Crippen molar-refractivity contribution < 1.29 is 9.18 Å². The van der Waals surface area contributed by atoms with Crippen molar-refractivity contribution in [2.24, 2.45) is 0 Å². The van der Waals surface area contributed by atoms with Crippen LogP contribution in [0.5, 0.6) is 0 Å². The molecule has 0 fully saturated rings. The second kappa shape index (κ2) is 9.12. The molecule has 8 heteroatoms. The molecule has 1 aliphatic heterocycles. The SMILES string of the molecule is O=C(Cc1cccnc1)N1CCc2nc(-c3ccncc3)nc(Nc3cccc(F)c3)c2C1. The summed E-state index contributed by atoms with van der Waals surface area (Å²) < 4.78 is 13.8. The Morgan fingerprint density at radius 3 is 2.70 bits per heavy atom. The molecule has 5 rings (SSSR count). The highest BCUT2D eigenvalue weighted by Gasteiger charge is 2.26. The average Bonchev–Trinajstić information content (AvgIpc) is 2.85. The number of fused-ring (bicyclic) bond motifs is 1. The summed E-state index contributed by atoms with van der Waals surface area (Å²) in [6.07, 6.45) is 7.66. The second-order valence-corrected chi connectivity index (χ2v) is 7.80. The maximum Gasteiger partial charge on any atom is 0.227 e. The summed E-state index contributed by atoms with van der Waals surface area (Å²) in [6.45, 7) is 0.945. The lowest BCUT2D eigenvalue weighted by atomic mass is 10.0. The fourth-order valence-corrected chi connectivity index (χ4v) is 3.85. The number of hydrogen-bond acceptors (Lipinski definition) is 6. The van der Waals surface area contributed by atoms with Crippen LogP contribution < -0.4 is 5.32 Å². The molecule has 33 heavy (non-hydrogen) atoms. The number of hydrogen-bond donors (Lipinski definition) is 1. The molecule has 3 aromatic heterocycles. The minimum atomic E-state index is -0.342. The number of nitrogens with one attached hydrogen (secondary N) is 1. The number of rotatable bonds is 5. The number of nitrogens with zero attached hydrogens (tertiary/aromatic N) is 5. The number of aromatic nitrogens is 4. The van der Waals surface area contributed by atoms with E-state index in [1.54, 1.807) is 36.9 Å². The van der Waals surface area contributed by atoms with E-state index < -0.39 is 0 Å². The van der Waals surface area contributed by atoms with Gasteiger partial charge in [-0.25, -0.2) is 14.4 Å². The molecule has 1 aromatic carbocycles. The number of carbonyl (C=O) groups excluding carboxylic acids is 1. The number of carbonyl (C=O) groups is 1. The normalized spacial score (nSPS) is 12.8. The highest BCUT2D eigenvalue weighted by molar-refractivity contribution is 5.79. The first kappa shape index (κ1) is 20.7.